The van der Waals surface area contributed by atoms with Crippen LogP contribution in [0.3, 0.4) is 0 Å². The van der Waals surface area contributed by atoms with Crippen molar-refractivity contribution in [3.63, 3.8) is 0 Å². The van der Waals surface area contributed by atoms with Crippen LogP contribution in [0.4, 0.5) is 0 Å². The normalized spacial score (nSPS) is 20.3. The smallest absolute Gasteiger partial charge is 0.208 e. The average molecular weight is 288 g/mol. The molecular weight excluding hydrogens is 264 g/mol. The number of piperidine rings is 1. The Morgan fingerprint density at radius 2 is 2.33 bits per heavy atom. The lowest BCUT2D eigenvalue weighted by Gasteiger charge is -2.30. The second-order valence-electron chi connectivity index (χ2n) is 6.36. The Bertz CT molecular complexity index is 587. The number of aromatic amines is 1. The fourth-order valence-electron chi connectivity index (χ4n) is 2.94. The molecule has 1 unspecified atom stereocenters. The van der Waals surface area contributed by atoms with Gasteiger partial charge in [0.05, 0.1) is 18.4 Å². The largest absolute Gasteiger partial charge is 0.444 e. The van der Waals surface area contributed by atoms with Gasteiger partial charge in [0.2, 0.25) is 5.89 Å². The third kappa shape index (κ3) is 3.35. The highest BCUT2D eigenvalue weighted by Gasteiger charge is 2.24. The molecule has 0 bridgehead atoms. The molecule has 2 aromatic rings. The molecule has 5 heteroatoms. The first-order chi connectivity index (χ1) is 10.1. The lowest BCUT2D eigenvalue weighted by Crippen LogP contribution is -2.34. The zero-order valence-corrected chi connectivity index (χ0v) is 13.1. The molecule has 1 atom stereocenters. The van der Waals surface area contributed by atoms with Crippen molar-refractivity contribution in [2.75, 3.05) is 13.1 Å². The molecule has 0 aromatic carbocycles. The van der Waals surface area contributed by atoms with Gasteiger partial charge < -0.3 is 4.42 Å². The lowest BCUT2D eigenvalue weighted by atomic mass is 9.95. The summed E-state index contributed by atoms with van der Waals surface area (Å²) in [5.74, 6) is 2.72. The molecule has 0 aliphatic carbocycles. The molecule has 3 rings (SSSR count). The van der Waals surface area contributed by atoms with Gasteiger partial charge in [-0.1, -0.05) is 13.8 Å². The van der Waals surface area contributed by atoms with Crippen LogP contribution in [0.1, 0.15) is 61.6 Å². The Balaban J connectivity index is 1.63. The molecule has 1 aliphatic rings. The Morgan fingerprint density at radius 1 is 1.48 bits per heavy atom. The zero-order valence-electron chi connectivity index (χ0n) is 13.1. The molecule has 21 heavy (non-hydrogen) atoms. The minimum Gasteiger partial charge on any atom is -0.444 e. The SMILES string of the molecule is Cc1cc(C2CCCN(Cc3ncc(C(C)C)o3)C2)n[nH]1. The summed E-state index contributed by atoms with van der Waals surface area (Å²) in [6, 6.07) is 2.16. The third-order valence-corrected chi connectivity index (χ3v) is 4.15. The van der Waals surface area contributed by atoms with Gasteiger partial charge in [-0.3, -0.25) is 10.00 Å². The van der Waals surface area contributed by atoms with Crippen LogP contribution in [-0.2, 0) is 6.54 Å². The molecule has 3 heterocycles. The van der Waals surface area contributed by atoms with Crippen molar-refractivity contribution in [2.45, 2.75) is 52.0 Å². The van der Waals surface area contributed by atoms with Crippen molar-refractivity contribution < 1.29 is 4.42 Å². The van der Waals surface area contributed by atoms with Gasteiger partial charge >= 0.3 is 0 Å². The van der Waals surface area contributed by atoms with E-state index < -0.39 is 0 Å². The summed E-state index contributed by atoms with van der Waals surface area (Å²) in [6.07, 6.45) is 4.27. The van der Waals surface area contributed by atoms with Crippen LogP contribution in [0.5, 0.6) is 0 Å². The van der Waals surface area contributed by atoms with Crippen LogP contribution in [0, 0.1) is 6.92 Å². The number of nitrogens with zero attached hydrogens (tertiary/aromatic N) is 3. The standard InChI is InChI=1S/C16H24N4O/c1-11(2)15-8-17-16(21-15)10-20-6-4-5-13(9-20)14-7-12(3)18-19-14/h7-8,11,13H,4-6,9-10H2,1-3H3,(H,18,19). The van der Waals surface area contributed by atoms with E-state index in [0.717, 1.165) is 37.0 Å². The molecule has 114 valence electrons. The van der Waals surface area contributed by atoms with Gasteiger partial charge in [-0.2, -0.15) is 5.10 Å². The monoisotopic (exact) mass is 288 g/mol. The maximum atomic E-state index is 5.82. The summed E-state index contributed by atoms with van der Waals surface area (Å²) in [5, 5.41) is 7.46. The first kappa shape index (κ1) is 14.3. The molecule has 1 aliphatic heterocycles. The molecule has 1 fully saturated rings. The van der Waals surface area contributed by atoms with Crippen molar-refractivity contribution in [1.29, 1.82) is 0 Å². The molecule has 0 saturated carbocycles. The lowest BCUT2D eigenvalue weighted by molar-refractivity contribution is 0.180. The van der Waals surface area contributed by atoms with Crippen LogP contribution >= 0.6 is 0 Å². The van der Waals surface area contributed by atoms with E-state index in [1.807, 2.05) is 6.20 Å². The summed E-state index contributed by atoms with van der Waals surface area (Å²) in [6.45, 7) is 9.25. The van der Waals surface area contributed by atoms with E-state index in [1.54, 1.807) is 0 Å². The predicted molar refractivity (Wildman–Crippen MR) is 81.2 cm³/mol. The number of hydrogen-bond acceptors (Lipinski definition) is 4. The molecule has 0 radical (unpaired) electrons. The second-order valence-corrected chi connectivity index (χ2v) is 6.36. The van der Waals surface area contributed by atoms with Crippen LogP contribution in [0.2, 0.25) is 0 Å². The van der Waals surface area contributed by atoms with Crippen LogP contribution in [0.25, 0.3) is 0 Å². The Labute approximate surface area is 125 Å². The van der Waals surface area contributed by atoms with E-state index in [2.05, 4.69) is 46.9 Å². The molecule has 0 spiro atoms. The van der Waals surface area contributed by atoms with E-state index in [0.29, 0.717) is 11.8 Å². The Kier molecular flexibility index (Phi) is 4.10. The highest BCUT2D eigenvalue weighted by Crippen LogP contribution is 2.27. The summed E-state index contributed by atoms with van der Waals surface area (Å²) in [4.78, 5) is 6.83. The van der Waals surface area contributed by atoms with E-state index in [4.69, 9.17) is 4.42 Å². The number of nitrogens with one attached hydrogen (secondary N) is 1. The van der Waals surface area contributed by atoms with E-state index >= 15 is 0 Å². The topological polar surface area (TPSA) is 58.0 Å². The van der Waals surface area contributed by atoms with Gasteiger partial charge in [0.15, 0.2) is 0 Å². The molecule has 1 N–H and O–H groups in total. The Hall–Kier alpha value is -1.62. The minimum atomic E-state index is 0.396. The van der Waals surface area contributed by atoms with E-state index in [-0.39, 0.29) is 0 Å². The number of hydrogen-bond donors (Lipinski definition) is 1. The number of likely N-dealkylation sites (tertiary alicyclic amines) is 1. The molecular formula is C16H24N4O. The number of H-pyrrole nitrogens is 1. The van der Waals surface area contributed by atoms with Crippen molar-refractivity contribution in [3.05, 3.63) is 35.3 Å². The molecule has 2 aromatic heterocycles. The first-order valence-electron chi connectivity index (χ1n) is 7.80. The van der Waals surface area contributed by atoms with Gasteiger partial charge in [0.25, 0.3) is 0 Å². The molecule has 0 amide bonds. The maximum Gasteiger partial charge on any atom is 0.208 e. The quantitative estimate of drug-likeness (QED) is 0.938. The number of aromatic nitrogens is 3. The fraction of sp³-hybridized carbons (Fsp3) is 0.625. The number of aryl methyl sites for hydroxylation is 1. The third-order valence-electron chi connectivity index (χ3n) is 4.15. The van der Waals surface area contributed by atoms with Crippen molar-refractivity contribution in [1.82, 2.24) is 20.1 Å². The van der Waals surface area contributed by atoms with Gasteiger partial charge in [-0.15, -0.1) is 0 Å². The van der Waals surface area contributed by atoms with Crippen molar-refractivity contribution >= 4 is 0 Å². The second kappa shape index (κ2) is 6.02. The summed E-state index contributed by atoms with van der Waals surface area (Å²) < 4.78 is 5.82. The average Bonchev–Trinajstić information content (AvgIpc) is 3.08. The fourth-order valence-corrected chi connectivity index (χ4v) is 2.94. The minimum absolute atomic E-state index is 0.396. The van der Waals surface area contributed by atoms with Gasteiger partial charge in [0, 0.05) is 24.1 Å². The highest BCUT2D eigenvalue weighted by atomic mass is 16.4. The summed E-state index contributed by atoms with van der Waals surface area (Å²) in [5.41, 5.74) is 2.32. The summed E-state index contributed by atoms with van der Waals surface area (Å²) >= 11 is 0. The van der Waals surface area contributed by atoms with Crippen LogP contribution in [-0.4, -0.2) is 33.2 Å². The zero-order chi connectivity index (χ0) is 14.8. The number of rotatable bonds is 4. The number of oxazole rings is 1. The van der Waals surface area contributed by atoms with Gasteiger partial charge in [0.1, 0.15) is 5.76 Å². The van der Waals surface area contributed by atoms with Crippen LogP contribution in [0.15, 0.2) is 16.7 Å². The first-order valence-corrected chi connectivity index (χ1v) is 7.80. The predicted octanol–water partition coefficient (Wildman–Crippen LogP) is 3.21. The van der Waals surface area contributed by atoms with E-state index in [1.165, 1.54) is 18.5 Å². The van der Waals surface area contributed by atoms with Crippen molar-refractivity contribution in [2.24, 2.45) is 0 Å². The summed E-state index contributed by atoms with van der Waals surface area (Å²) in [7, 11) is 0. The van der Waals surface area contributed by atoms with Crippen LogP contribution < -0.4 is 0 Å². The molecule has 1 saturated heterocycles. The molecule has 5 nitrogen and oxygen atoms in total. The highest BCUT2D eigenvalue weighted by molar-refractivity contribution is 5.13. The maximum absolute atomic E-state index is 5.82. The van der Waals surface area contributed by atoms with E-state index in [9.17, 15) is 0 Å². The van der Waals surface area contributed by atoms with Gasteiger partial charge in [-0.25, -0.2) is 4.98 Å². The van der Waals surface area contributed by atoms with Gasteiger partial charge in [-0.05, 0) is 32.4 Å². The van der Waals surface area contributed by atoms with Crippen molar-refractivity contribution in [3.8, 4) is 0 Å². The Morgan fingerprint density at radius 3 is 3.00 bits per heavy atom.